The van der Waals surface area contributed by atoms with Crippen molar-refractivity contribution in [3.63, 3.8) is 0 Å². The number of amides is 2. The molecule has 0 rings (SSSR count). The van der Waals surface area contributed by atoms with Crippen LogP contribution in [0.2, 0.25) is 0 Å². The van der Waals surface area contributed by atoms with Crippen LogP contribution >= 0.6 is 0 Å². The molecule has 0 aromatic carbocycles. The minimum Gasteiger partial charge on any atom is -0.480 e. The van der Waals surface area contributed by atoms with Gasteiger partial charge in [-0.15, -0.1) is 0 Å². The maximum absolute atomic E-state index is 12.6. The van der Waals surface area contributed by atoms with Gasteiger partial charge in [0.25, 0.3) is 0 Å². The maximum atomic E-state index is 12.6. The molecule has 7 nitrogen and oxygen atoms in total. The van der Waals surface area contributed by atoms with E-state index < -0.39 is 23.7 Å². The van der Waals surface area contributed by atoms with Crippen LogP contribution in [0.5, 0.6) is 0 Å². The van der Waals surface area contributed by atoms with Crippen molar-refractivity contribution in [3.05, 3.63) is 0 Å². The third-order valence-electron chi connectivity index (χ3n) is 6.03. The van der Waals surface area contributed by atoms with Crippen LogP contribution < -0.4 is 5.32 Å². The number of hydrogen-bond donors (Lipinski definition) is 2. The zero-order chi connectivity index (χ0) is 26.7. The number of nitrogens with zero attached hydrogens (tertiary/aromatic N) is 1. The molecule has 0 unspecified atom stereocenters. The quantitative estimate of drug-likeness (QED) is 0.177. The highest BCUT2D eigenvalue weighted by atomic mass is 16.6. The highest BCUT2D eigenvalue weighted by Crippen LogP contribution is 2.17. The van der Waals surface area contributed by atoms with Gasteiger partial charge in [-0.25, -0.2) is 9.59 Å². The Kier molecular flexibility index (Phi) is 18.4. The molecule has 0 aliphatic heterocycles. The molecule has 0 fully saturated rings. The maximum Gasteiger partial charge on any atom is 0.411 e. The van der Waals surface area contributed by atoms with Crippen molar-refractivity contribution in [2.75, 3.05) is 13.1 Å². The number of carbonyl (C=O) groups is 3. The number of nitrogens with one attached hydrogen (secondary N) is 1. The topological polar surface area (TPSA) is 95.9 Å². The van der Waals surface area contributed by atoms with E-state index in [2.05, 4.69) is 12.2 Å². The van der Waals surface area contributed by atoms with E-state index in [9.17, 15) is 19.5 Å². The first kappa shape index (κ1) is 33.2. The van der Waals surface area contributed by atoms with E-state index in [4.69, 9.17) is 4.74 Å². The fourth-order valence-corrected chi connectivity index (χ4v) is 4.15. The van der Waals surface area contributed by atoms with Crippen LogP contribution in [0.3, 0.4) is 0 Å². The van der Waals surface area contributed by atoms with Gasteiger partial charge in [-0.3, -0.25) is 9.69 Å². The van der Waals surface area contributed by atoms with Crippen LogP contribution in [-0.4, -0.2) is 52.7 Å². The zero-order valence-corrected chi connectivity index (χ0v) is 23.5. The second kappa shape index (κ2) is 19.4. The smallest absolute Gasteiger partial charge is 0.411 e. The number of rotatable bonds is 20. The lowest BCUT2D eigenvalue weighted by atomic mass is 10.0. The third kappa shape index (κ3) is 18.2. The number of carbonyl (C=O) groups excluding carboxylic acids is 2. The largest absolute Gasteiger partial charge is 0.480 e. The Hall–Kier alpha value is -1.79. The van der Waals surface area contributed by atoms with E-state index in [1.54, 1.807) is 34.6 Å². The van der Waals surface area contributed by atoms with Gasteiger partial charge >= 0.3 is 12.1 Å². The molecular weight excluding hydrogens is 444 g/mol. The van der Waals surface area contributed by atoms with Crippen molar-refractivity contribution in [3.8, 4) is 0 Å². The van der Waals surface area contributed by atoms with E-state index in [0.717, 1.165) is 19.3 Å². The second-order valence-corrected chi connectivity index (χ2v) is 11.0. The lowest BCUT2D eigenvalue weighted by Gasteiger charge is -2.33. The van der Waals surface area contributed by atoms with Crippen LogP contribution in [0, 0.1) is 5.92 Å². The van der Waals surface area contributed by atoms with Gasteiger partial charge in [-0.1, -0.05) is 97.8 Å². The van der Waals surface area contributed by atoms with E-state index in [1.165, 1.54) is 69.1 Å². The molecule has 0 aliphatic carbocycles. The van der Waals surface area contributed by atoms with E-state index in [-0.39, 0.29) is 24.9 Å². The Balaban J connectivity index is 4.11. The Bertz CT molecular complexity index is 586. The van der Waals surface area contributed by atoms with Gasteiger partial charge in [-0.05, 0) is 33.1 Å². The summed E-state index contributed by atoms with van der Waals surface area (Å²) in [6.07, 6.45) is 16.2. The first-order valence-electron chi connectivity index (χ1n) is 14.0. The standard InChI is InChI=1S/C28H54N2O5/c1-7-8-9-10-11-12-13-14-15-16-17-18-19-20-24(31)29-21-22-30(25(23(2)3)26(32)33)27(34)35-28(4,5)6/h23,25H,7-22H2,1-6H3,(H,29,31)(H,32,33)/t25-/m0/s1. The fourth-order valence-electron chi connectivity index (χ4n) is 4.15. The van der Waals surface area contributed by atoms with E-state index >= 15 is 0 Å². The number of aliphatic carboxylic acids is 1. The molecule has 0 aromatic heterocycles. The number of ether oxygens (including phenoxy) is 1. The molecule has 35 heavy (non-hydrogen) atoms. The van der Waals surface area contributed by atoms with Gasteiger partial charge in [-0.2, -0.15) is 0 Å². The summed E-state index contributed by atoms with van der Waals surface area (Å²) in [7, 11) is 0. The molecule has 0 heterocycles. The van der Waals surface area contributed by atoms with Crippen LogP contribution in [0.15, 0.2) is 0 Å². The Morgan fingerprint density at radius 3 is 1.69 bits per heavy atom. The molecule has 2 amide bonds. The van der Waals surface area contributed by atoms with Crippen molar-refractivity contribution in [2.45, 2.75) is 143 Å². The Morgan fingerprint density at radius 2 is 1.29 bits per heavy atom. The summed E-state index contributed by atoms with van der Waals surface area (Å²) < 4.78 is 5.40. The third-order valence-corrected chi connectivity index (χ3v) is 6.03. The van der Waals surface area contributed by atoms with E-state index in [0.29, 0.717) is 6.42 Å². The van der Waals surface area contributed by atoms with Crippen LogP contribution in [0.1, 0.15) is 131 Å². The van der Waals surface area contributed by atoms with E-state index in [1.807, 2.05) is 0 Å². The molecule has 7 heteroatoms. The molecule has 0 saturated carbocycles. The van der Waals surface area contributed by atoms with Crippen molar-refractivity contribution in [1.82, 2.24) is 10.2 Å². The number of carboxylic acids is 1. The first-order valence-corrected chi connectivity index (χ1v) is 14.0. The highest BCUT2D eigenvalue weighted by Gasteiger charge is 2.34. The molecule has 0 saturated heterocycles. The van der Waals surface area contributed by atoms with Gasteiger partial charge < -0.3 is 15.2 Å². The fraction of sp³-hybridized carbons (Fsp3) is 0.893. The first-order chi connectivity index (χ1) is 16.5. The molecule has 0 aliphatic rings. The monoisotopic (exact) mass is 498 g/mol. The minimum absolute atomic E-state index is 0.0615. The van der Waals surface area contributed by atoms with Crippen molar-refractivity contribution < 1.29 is 24.2 Å². The molecule has 0 radical (unpaired) electrons. The van der Waals surface area contributed by atoms with Gasteiger partial charge in [0.15, 0.2) is 0 Å². The summed E-state index contributed by atoms with van der Waals surface area (Å²) in [5, 5.41) is 12.4. The SMILES string of the molecule is CCCCCCCCCCCCCCCC(=O)NCCN(C(=O)OC(C)(C)C)[C@H](C(=O)O)C(C)C. The number of unbranched alkanes of at least 4 members (excludes halogenated alkanes) is 12. The summed E-state index contributed by atoms with van der Waals surface area (Å²) in [5.74, 6) is -1.43. The van der Waals surface area contributed by atoms with Crippen molar-refractivity contribution >= 4 is 18.0 Å². The average molecular weight is 499 g/mol. The normalized spacial score (nSPS) is 12.4. The molecule has 2 N–H and O–H groups in total. The van der Waals surface area contributed by atoms with Gasteiger partial charge in [0.1, 0.15) is 11.6 Å². The Morgan fingerprint density at radius 1 is 0.829 bits per heavy atom. The van der Waals surface area contributed by atoms with Crippen LogP contribution in [0.25, 0.3) is 0 Å². The molecule has 206 valence electrons. The molecule has 0 aromatic rings. The van der Waals surface area contributed by atoms with Gasteiger partial charge in [0.2, 0.25) is 5.91 Å². The molecule has 1 atom stereocenters. The predicted octanol–water partition coefficient (Wildman–Crippen LogP) is 6.93. The van der Waals surface area contributed by atoms with Crippen LogP contribution in [-0.2, 0) is 14.3 Å². The average Bonchev–Trinajstić information content (AvgIpc) is 2.74. The molecule has 0 spiro atoms. The molecular formula is C28H54N2O5. The predicted molar refractivity (Wildman–Crippen MR) is 143 cm³/mol. The van der Waals surface area contributed by atoms with Crippen LogP contribution in [0.4, 0.5) is 4.79 Å². The minimum atomic E-state index is -1.08. The molecule has 0 bridgehead atoms. The zero-order valence-electron chi connectivity index (χ0n) is 23.5. The summed E-state index contributed by atoms with van der Waals surface area (Å²) in [4.78, 5) is 37.8. The van der Waals surface area contributed by atoms with Crippen molar-refractivity contribution in [1.29, 1.82) is 0 Å². The summed E-state index contributed by atoms with van der Waals surface area (Å²) in [5.41, 5.74) is -0.729. The summed E-state index contributed by atoms with van der Waals surface area (Å²) >= 11 is 0. The van der Waals surface area contributed by atoms with Gasteiger partial charge in [0, 0.05) is 19.5 Å². The summed E-state index contributed by atoms with van der Waals surface area (Å²) in [6.45, 7) is 11.3. The summed E-state index contributed by atoms with van der Waals surface area (Å²) in [6, 6.07) is -1.01. The number of carboxylic acid groups (broad SMARTS) is 1. The second-order valence-electron chi connectivity index (χ2n) is 11.0. The lowest BCUT2D eigenvalue weighted by molar-refractivity contribution is -0.144. The van der Waals surface area contributed by atoms with Crippen molar-refractivity contribution in [2.24, 2.45) is 5.92 Å². The lowest BCUT2D eigenvalue weighted by Crippen LogP contribution is -2.52. The Labute approximate surface area is 214 Å². The number of hydrogen-bond acceptors (Lipinski definition) is 4. The van der Waals surface area contributed by atoms with Gasteiger partial charge in [0.05, 0.1) is 0 Å². The highest BCUT2D eigenvalue weighted by molar-refractivity contribution is 5.80.